The lowest BCUT2D eigenvalue weighted by Gasteiger charge is -2.20. The highest BCUT2D eigenvalue weighted by Gasteiger charge is 2.18. The second kappa shape index (κ2) is 8.60. The van der Waals surface area contributed by atoms with Crippen LogP contribution in [-0.2, 0) is 4.79 Å². The number of pyridine rings is 1. The van der Waals surface area contributed by atoms with Gasteiger partial charge in [-0.3, -0.25) is 9.78 Å². The number of aromatic nitrogens is 1. The first kappa shape index (κ1) is 16.7. The Labute approximate surface area is 143 Å². The Kier molecular flexibility index (Phi) is 5.96. The van der Waals surface area contributed by atoms with Crippen molar-refractivity contribution in [3.8, 4) is 0 Å². The lowest BCUT2D eigenvalue weighted by atomic mass is 9.92. The van der Waals surface area contributed by atoms with Gasteiger partial charge in [-0.05, 0) is 56.0 Å². The van der Waals surface area contributed by atoms with Crippen molar-refractivity contribution in [2.24, 2.45) is 0 Å². The summed E-state index contributed by atoms with van der Waals surface area (Å²) in [5, 5.41) is 2.90. The zero-order chi connectivity index (χ0) is 16.6. The Morgan fingerprint density at radius 2 is 2.00 bits per heavy atom. The Balaban J connectivity index is 1.44. The van der Waals surface area contributed by atoms with E-state index in [9.17, 15) is 4.79 Å². The highest BCUT2D eigenvalue weighted by atomic mass is 16.1. The second-order valence-electron chi connectivity index (χ2n) is 6.42. The van der Waals surface area contributed by atoms with E-state index in [2.05, 4.69) is 45.5 Å². The minimum atomic E-state index is 0.0619. The number of hydrogen-bond donors (Lipinski definition) is 1. The fraction of sp³-hybridized carbons (Fsp3) is 0.400. The third-order valence-electron chi connectivity index (χ3n) is 4.69. The molecule has 1 aliphatic rings. The molecule has 24 heavy (non-hydrogen) atoms. The molecule has 1 aliphatic heterocycles. The number of carbonyl (C=O) groups is 1. The zero-order valence-electron chi connectivity index (χ0n) is 14.0. The zero-order valence-corrected chi connectivity index (χ0v) is 14.0. The largest absolute Gasteiger partial charge is 0.325 e. The number of hydrogen-bond acceptors (Lipinski definition) is 3. The molecule has 1 aromatic heterocycles. The standard InChI is InChI=1S/C20H25N3O/c24-20(22-19-9-4-12-21-16-19)11-15-23-13-5-8-18(10-14-23)17-6-2-1-3-7-17/h1-4,6-7,9,12,16,18H,5,8,10-11,13-15H2,(H,22,24). The molecule has 2 aromatic rings. The molecular formula is C20H25N3O. The van der Waals surface area contributed by atoms with Crippen molar-refractivity contribution in [1.82, 2.24) is 9.88 Å². The van der Waals surface area contributed by atoms with Crippen molar-refractivity contribution in [3.05, 3.63) is 60.4 Å². The lowest BCUT2D eigenvalue weighted by molar-refractivity contribution is -0.116. The first-order chi connectivity index (χ1) is 11.8. The molecule has 0 saturated carbocycles. The smallest absolute Gasteiger partial charge is 0.225 e. The van der Waals surface area contributed by atoms with Crippen LogP contribution >= 0.6 is 0 Å². The molecule has 0 spiro atoms. The van der Waals surface area contributed by atoms with Crippen molar-refractivity contribution in [2.75, 3.05) is 25.0 Å². The maximum Gasteiger partial charge on any atom is 0.225 e. The summed E-state index contributed by atoms with van der Waals surface area (Å²) < 4.78 is 0. The van der Waals surface area contributed by atoms with Crippen LogP contribution in [0.15, 0.2) is 54.9 Å². The molecule has 126 valence electrons. The van der Waals surface area contributed by atoms with Gasteiger partial charge >= 0.3 is 0 Å². The molecule has 0 aliphatic carbocycles. The minimum absolute atomic E-state index is 0.0619. The maximum atomic E-state index is 12.1. The van der Waals surface area contributed by atoms with Crippen LogP contribution in [-0.4, -0.2) is 35.4 Å². The van der Waals surface area contributed by atoms with E-state index in [1.165, 1.54) is 24.8 Å². The van der Waals surface area contributed by atoms with Gasteiger partial charge in [0.2, 0.25) is 5.91 Å². The van der Waals surface area contributed by atoms with E-state index in [0.29, 0.717) is 12.3 Å². The van der Waals surface area contributed by atoms with Crippen molar-refractivity contribution in [1.29, 1.82) is 0 Å². The van der Waals surface area contributed by atoms with Crippen molar-refractivity contribution >= 4 is 11.6 Å². The van der Waals surface area contributed by atoms with Crippen LogP contribution in [0.5, 0.6) is 0 Å². The predicted molar refractivity (Wildman–Crippen MR) is 97.0 cm³/mol. The summed E-state index contributed by atoms with van der Waals surface area (Å²) in [5.74, 6) is 0.715. The predicted octanol–water partition coefficient (Wildman–Crippen LogP) is 3.68. The van der Waals surface area contributed by atoms with Gasteiger partial charge in [0.15, 0.2) is 0 Å². The summed E-state index contributed by atoms with van der Waals surface area (Å²) in [6, 6.07) is 14.5. The summed E-state index contributed by atoms with van der Waals surface area (Å²) >= 11 is 0. The number of anilines is 1. The van der Waals surface area contributed by atoms with Crippen LogP contribution in [0.25, 0.3) is 0 Å². The van der Waals surface area contributed by atoms with Gasteiger partial charge in [0, 0.05) is 19.2 Å². The van der Waals surface area contributed by atoms with E-state index in [0.717, 1.165) is 25.3 Å². The van der Waals surface area contributed by atoms with Gasteiger partial charge in [0.05, 0.1) is 11.9 Å². The van der Waals surface area contributed by atoms with Crippen molar-refractivity contribution < 1.29 is 4.79 Å². The van der Waals surface area contributed by atoms with Gasteiger partial charge in [0.25, 0.3) is 0 Å². The number of nitrogens with one attached hydrogen (secondary N) is 1. The monoisotopic (exact) mass is 323 g/mol. The molecule has 2 heterocycles. The average molecular weight is 323 g/mol. The summed E-state index contributed by atoms with van der Waals surface area (Å²) in [7, 11) is 0. The quantitative estimate of drug-likeness (QED) is 0.913. The number of nitrogens with zero attached hydrogens (tertiary/aromatic N) is 2. The molecule has 1 atom stereocenters. The van der Waals surface area contributed by atoms with Gasteiger partial charge in [-0.25, -0.2) is 0 Å². The first-order valence-electron chi connectivity index (χ1n) is 8.78. The Hall–Kier alpha value is -2.20. The first-order valence-corrected chi connectivity index (χ1v) is 8.78. The summed E-state index contributed by atoms with van der Waals surface area (Å²) in [5.41, 5.74) is 2.22. The number of carbonyl (C=O) groups excluding carboxylic acids is 1. The lowest BCUT2D eigenvalue weighted by Crippen LogP contribution is -2.29. The number of likely N-dealkylation sites (tertiary alicyclic amines) is 1. The topological polar surface area (TPSA) is 45.2 Å². The normalized spacial score (nSPS) is 18.8. The SMILES string of the molecule is O=C(CCN1CCCC(c2ccccc2)CC1)Nc1cccnc1. The van der Waals surface area contributed by atoms with Crippen LogP contribution in [0.2, 0.25) is 0 Å². The highest BCUT2D eigenvalue weighted by Crippen LogP contribution is 2.27. The van der Waals surface area contributed by atoms with Gasteiger partial charge in [-0.1, -0.05) is 30.3 Å². The molecule has 1 fully saturated rings. The summed E-state index contributed by atoms with van der Waals surface area (Å²) in [6.45, 7) is 2.98. The van der Waals surface area contributed by atoms with E-state index in [-0.39, 0.29) is 5.91 Å². The van der Waals surface area contributed by atoms with Crippen LogP contribution in [0.4, 0.5) is 5.69 Å². The van der Waals surface area contributed by atoms with E-state index in [1.807, 2.05) is 12.1 Å². The Morgan fingerprint density at radius 1 is 1.12 bits per heavy atom. The average Bonchev–Trinajstić information content (AvgIpc) is 2.87. The van der Waals surface area contributed by atoms with Crippen LogP contribution in [0.3, 0.4) is 0 Å². The van der Waals surface area contributed by atoms with Crippen molar-refractivity contribution in [3.63, 3.8) is 0 Å². The third-order valence-corrected chi connectivity index (χ3v) is 4.69. The van der Waals surface area contributed by atoms with Crippen LogP contribution in [0.1, 0.15) is 37.2 Å². The van der Waals surface area contributed by atoms with Crippen molar-refractivity contribution in [2.45, 2.75) is 31.6 Å². The van der Waals surface area contributed by atoms with E-state index >= 15 is 0 Å². The minimum Gasteiger partial charge on any atom is -0.325 e. The molecule has 1 unspecified atom stereocenters. The van der Waals surface area contributed by atoms with Gasteiger partial charge in [-0.2, -0.15) is 0 Å². The maximum absolute atomic E-state index is 12.1. The van der Waals surface area contributed by atoms with Gasteiger partial charge in [0.1, 0.15) is 0 Å². The molecule has 3 rings (SSSR count). The van der Waals surface area contributed by atoms with Gasteiger partial charge in [-0.15, -0.1) is 0 Å². The molecule has 4 nitrogen and oxygen atoms in total. The molecule has 1 aromatic carbocycles. The number of benzene rings is 1. The second-order valence-corrected chi connectivity index (χ2v) is 6.42. The van der Waals surface area contributed by atoms with E-state index in [1.54, 1.807) is 12.4 Å². The third kappa shape index (κ3) is 4.90. The molecule has 1 amide bonds. The van der Waals surface area contributed by atoms with Gasteiger partial charge < -0.3 is 10.2 Å². The van der Waals surface area contributed by atoms with E-state index in [4.69, 9.17) is 0 Å². The molecule has 1 N–H and O–H groups in total. The highest BCUT2D eigenvalue weighted by molar-refractivity contribution is 5.90. The fourth-order valence-corrected chi connectivity index (χ4v) is 3.36. The summed E-state index contributed by atoms with van der Waals surface area (Å²) in [6.07, 6.45) is 7.52. The number of amides is 1. The Bertz CT molecular complexity index is 630. The summed E-state index contributed by atoms with van der Waals surface area (Å²) in [4.78, 5) is 18.5. The Morgan fingerprint density at radius 3 is 2.79 bits per heavy atom. The molecule has 4 heteroatoms. The van der Waals surface area contributed by atoms with Crippen LogP contribution < -0.4 is 5.32 Å². The molecule has 1 saturated heterocycles. The molecule has 0 bridgehead atoms. The molecular weight excluding hydrogens is 298 g/mol. The van der Waals surface area contributed by atoms with Crippen LogP contribution in [0, 0.1) is 0 Å². The fourth-order valence-electron chi connectivity index (χ4n) is 3.36. The molecule has 0 radical (unpaired) electrons. The number of rotatable bonds is 5. The van der Waals surface area contributed by atoms with E-state index < -0.39 is 0 Å².